The monoisotopic (exact) mass is 516 g/mol. The van der Waals surface area contributed by atoms with Crippen molar-refractivity contribution < 1.29 is 22.9 Å². The molecule has 0 saturated heterocycles. The topological polar surface area (TPSA) is 130 Å². The molecule has 0 aliphatic heterocycles. The molecule has 33 heavy (non-hydrogen) atoms. The van der Waals surface area contributed by atoms with Crippen LogP contribution >= 0.6 is 23.2 Å². The number of amides is 2. The van der Waals surface area contributed by atoms with Gasteiger partial charge in [0.1, 0.15) is 12.6 Å². The summed E-state index contributed by atoms with van der Waals surface area (Å²) in [4.78, 5) is 37.2. The Kier molecular flexibility index (Phi) is 8.64. The molecule has 2 amide bonds. The van der Waals surface area contributed by atoms with Gasteiger partial charge in [-0.15, -0.1) is 0 Å². The number of carbonyl (C=O) groups excluding carboxylic acids is 2. The fourth-order valence-electron chi connectivity index (χ4n) is 3.02. The minimum atomic E-state index is -4.02. The van der Waals surface area contributed by atoms with Crippen molar-refractivity contribution >= 4 is 56.4 Å². The van der Waals surface area contributed by atoms with Crippen molar-refractivity contribution in [2.45, 2.75) is 19.5 Å². The summed E-state index contributed by atoms with van der Waals surface area (Å²) in [6.45, 7) is 0.599. The maximum Gasteiger partial charge on any atom is 0.271 e. The highest BCUT2D eigenvalue weighted by atomic mass is 35.5. The highest BCUT2D eigenvalue weighted by molar-refractivity contribution is 7.92. The number of sulfonamides is 1. The van der Waals surface area contributed by atoms with Crippen LogP contribution in [-0.4, -0.2) is 55.9 Å². The lowest BCUT2D eigenvalue weighted by atomic mass is 10.1. The van der Waals surface area contributed by atoms with Crippen LogP contribution in [0.1, 0.15) is 12.5 Å². The van der Waals surface area contributed by atoms with Crippen molar-refractivity contribution in [2.75, 3.05) is 24.2 Å². The Labute approximate surface area is 201 Å². The minimum Gasteiger partial charge on any atom is -0.357 e. The van der Waals surface area contributed by atoms with Crippen LogP contribution in [0.15, 0.2) is 42.5 Å². The highest BCUT2D eigenvalue weighted by Gasteiger charge is 2.31. The number of rotatable bonds is 9. The highest BCUT2D eigenvalue weighted by Crippen LogP contribution is 2.28. The molecule has 0 aliphatic carbocycles. The van der Waals surface area contributed by atoms with Gasteiger partial charge in [0, 0.05) is 41.3 Å². The van der Waals surface area contributed by atoms with Gasteiger partial charge < -0.3 is 10.2 Å². The van der Waals surface area contributed by atoms with Crippen molar-refractivity contribution in [2.24, 2.45) is 0 Å². The maximum atomic E-state index is 13.3. The van der Waals surface area contributed by atoms with Crippen LogP contribution in [0.5, 0.6) is 0 Å². The van der Waals surface area contributed by atoms with E-state index >= 15 is 0 Å². The predicted molar refractivity (Wildman–Crippen MR) is 126 cm³/mol. The number of nitro benzene ring substituents is 1. The van der Waals surface area contributed by atoms with Gasteiger partial charge >= 0.3 is 0 Å². The Hall–Kier alpha value is -2.89. The van der Waals surface area contributed by atoms with Crippen LogP contribution < -0.4 is 9.62 Å². The zero-order chi connectivity index (χ0) is 24.9. The molecule has 0 heterocycles. The third-order valence-corrected chi connectivity index (χ3v) is 6.66. The van der Waals surface area contributed by atoms with Gasteiger partial charge in [0.25, 0.3) is 5.69 Å². The summed E-state index contributed by atoms with van der Waals surface area (Å²) in [5, 5.41) is 14.1. The second-order valence-electron chi connectivity index (χ2n) is 7.06. The Bertz CT molecular complexity index is 1150. The van der Waals surface area contributed by atoms with Crippen LogP contribution in [0.2, 0.25) is 10.0 Å². The van der Waals surface area contributed by atoms with Crippen molar-refractivity contribution in [3.63, 3.8) is 0 Å². The molecule has 0 radical (unpaired) electrons. The van der Waals surface area contributed by atoms with E-state index in [1.807, 2.05) is 0 Å². The average molecular weight is 517 g/mol. The molecule has 0 saturated carbocycles. The molecule has 10 nitrogen and oxygen atoms in total. The zero-order valence-electron chi connectivity index (χ0n) is 18.0. The number of anilines is 1. The van der Waals surface area contributed by atoms with Crippen LogP contribution in [0.3, 0.4) is 0 Å². The number of benzene rings is 2. The SMILES string of the molecule is CNC(=O)[C@@H](C)N(Cc1c(Cl)cccc1Cl)C(=O)CN(c1cccc([N+](=O)[O-])c1)S(C)(=O)=O. The molecule has 0 bridgehead atoms. The summed E-state index contributed by atoms with van der Waals surface area (Å²) in [6, 6.07) is 8.65. The summed E-state index contributed by atoms with van der Waals surface area (Å²) in [5.41, 5.74) is -0.0263. The normalized spacial score (nSPS) is 12.0. The van der Waals surface area contributed by atoms with E-state index in [0.717, 1.165) is 21.5 Å². The number of non-ortho nitro benzene ring substituents is 1. The average Bonchev–Trinajstić information content (AvgIpc) is 2.75. The predicted octanol–water partition coefficient (Wildman–Crippen LogP) is 2.83. The quantitative estimate of drug-likeness (QED) is 0.402. The zero-order valence-corrected chi connectivity index (χ0v) is 20.3. The van der Waals surface area contributed by atoms with E-state index < -0.39 is 39.3 Å². The molecular formula is C20H22Cl2N4O6S. The summed E-state index contributed by atoms with van der Waals surface area (Å²) < 4.78 is 25.7. The number of halogens is 2. The van der Waals surface area contributed by atoms with Gasteiger partial charge in [-0.2, -0.15) is 0 Å². The van der Waals surface area contributed by atoms with Crippen LogP contribution in [0.4, 0.5) is 11.4 Å². The molecule has 2 rings (SSSR count). The summed E-state index contributed by atoms with van der Waals surface area (Å²) in [5.74, 6) is -1.23. The minimum absolute atomic E-state index is 0.0663. The lowest BCUT2D eigenvalue weighted by Crippen LogP contribution is -2.50. The Morgan fingerprint density at radius 3 is 2.24 bits per heavy atom. The van der Waals surface area contributed by atoms with E-state index in [4.69, 9.17) is 23.2 Å². The van der Waals surface area contributed by atoms with Gasteiger partial charge in [-0.25, -0.2) is 8.42 Å². The maximum absolute atomic E-state index is 13.3. The molecular weight excluding hydrogens is 495 g/mol. The molecule has 1 N–H and O–H groups in total. The molecule has 2 aromatic rings. The molecule has 0 fully saturated rings. The van der Waals surface area contributed by atoms with Crippen molar-refractivity contribution in [1.29, 1.82) is 0 Å². The third-order valence-electron chi connectivity index (χ3n) is 4.81. The molecule has 13 heteroatoms. The molecule has 0 aromatic heterocycles. The number of nitrogens with zero attached hydrogens (tertiary/aromatic N) is 3. The van der Waals surface area contributed by atoms with Crippen LogP contribution in [0, 0.1) is 10.1 Å². The lowest BCUT2D eigenvalue weighted by Gasteiger charge is -2.31. The first-order valence-corrected chi connectivity index (χ1v) is 12.1. The Morgan fingerprint density at radius 2 is 1.73 bits per heavy atom. The van der Waals surface area contributed by atoms with Gasteiger partial charge in [-0.1, -0.05) is 35.3 Å². The van der Waals surface area contributed by atoms with Gasteiger partial charge in [-0.3, -0.25) is 24.0 Å². The summed E-state index contributed by atoms with van der Waals surface area (Å²) in [6.07, 6.45) is 0.872. The number of nitro groups is 1. The first-order valence-electron chi connectivity index (χ1n) is 9.53. The smallest absolute Gasteiger partial charge is 0.271 e. The standard InChI is InChI=1S/C20H22Cl2N4O6S/c1-13(20(28)23-2)24(11-16-17(21)8-5-9-18(16)22)19(27)12-25(33(3,31)32)14-6-4-7-15(10-14)26(29)30/h4-10,13H,11-12H2,1-3H3,(H,23,28)/t13-/m1/s1. The van der Waals surface area contributed by atoms with E-state index in [-0.39, 0.29) is 28.0 Å². The summed E-state index contributed by atoms with van der Waals surface area (Å²) >= 11 is 12.4. The van der Waals surface area contributed by atoms with Crippen molar-refractivity contribution in [3.8, 4) is 0 Å². The third kappa shape index (κ3) is 6.56. The number of likely N-dealkylation sites (N-methyl/N-ethyl adjacent to an activating group) is 1. The second-order valence-corrected chi connectivity index (χ2v) is 9.78. The number of carbonyl (C=O) groups is 2. The van der Waals surface area contributed by atoms with E-state index in [2.05, 4.69) is 5.32 Å². The van der Waals surface area contributed by atoms with Gasteiger partial charge in [0.15, 0.2) is 0 Å². The first kappa shape index (κ1) is 26.4. The molecule has 0 unspecified atom stereocenters. The molecule has 0 spiro atoms. The van der Waals surface area contributed by atoms with E-state index in [1.165, 1.54) is 32.2 Å². The fraction of sp³-hybridized carbons (Fsp3) is 0.300. The number of hydrogen-bond acceptors (Lipinski definition) is 6. The number of nitrogens with one attached hydrogen (secondary N) is 1. The van der Waals surface area contributed by atoms with Gasteiger partial charge in [0.05, 0.1) is 16.9 Å². The van der Waals surface area contributed by atoms with E-state index in [1.54, 1.807) is 18.2 Å². The Morgan fingerprint density at radius 1 is 1.15 bits per heavy atom. The van der Waals surface area contributed by atoms with Crippen LogP contribution in [0.25, 0.3) is 0 Å². The molecule has 2 aromatic carbocycles. The number of hydrogen-bond donors (Lipinski definition) is 1. The van der Waals surface area contributed by atoms with Gasteiger partial charge in [-0.05, 0) is 25.1 Å². The molecule has 178 valence electrons. The van der Waals surface area contributed by atoms with Crippen LogP contribution in [-0.2, 0) is 26.2 Å². The van der Waals surface area contributed by atoms with E-state index in [9.17, 15) is 28.1 Å². The Balaban J connectivity index is 2.48. The summed E-state index contributed by atoms with van der Waals surface area (Å²) in [7, 11) is -2.62. The largest absolute Gasteiger partial charge is 0.357 e. The van der Waals surface area contributed by atoms with Gasteiger partial charge in [0.2, 0.25) is 21.8 Å². The van der Waals surface area contributed by atoms with E-state index in [0.29, 0.717) is 5.56 Å². The first-order chi connectivity index (χ1) is 15.4. The molecule has 1 atom stereocenters. The fourth-order valence-corrected chi connectivity index (χ4v) is 4.38. The second kappa shape index (κ2) is 10.8. The van der Waals surface area contributed by atoms with Crippen molar-refractivity contribution in [1.82, 2.24) is 10.2 Å². The van der Waals surface area contributed by atoms with Crippen molar-refractivity contribution in [3.05, 3.63) is 68.2 Å². The molecule has 0 aliphatic rings. The lowest BCUT2D eigenvalue weighted by molar-refractivity contribution is -0.384.